The first-order chi connectivity index (χ1) is 27.7. The van der Waals surface area contributed by atoms with Crippen LogP contribution in [-0.2, 0) is 0 Å². The Morgan fingerprint density at radius 1 is 0.357 bits per heavy atom. The van der Waals surface area contributed by atoms with E-state index < -0.39 is 0 Å². The summed E-state index contributed by atoms with van der Waals surface area (Å²) in [7, 11) is 0. The fourth-order valence-electron chi connectivity index (χ4n) is 8.16. The van der Waals surface area contributed by atoms with Gasteiger partial charge in [0.15, 0.2) is 5.82 Å². The van der Waals surface area contributed by atoms with Crippen LogP contribution in [0.15, 0.2) is 200 Å². The molecule has 0 amide bonds. The number of benzene rings is 8. The van der Waals surface area contributed by atoms with Gasteiger partial charge < -0.3 is 4.57 Å². The molecule has 0 atom stereocenters. The Hall–Kier alpha value is -7.14. The van der Waals surface area contributed by atoms with Crippen molar-refractivity contribution in [3.05, 3.63) is 200 Å². The Balaban J connectivity index is 1.05. The van der Waals surface area contributed by atoms with Gasteiger partial charge in [-0.25, -0.2) is 9.97 Å². The normalized spacial score (nSPS) is 11.6. The lowest BCUT2D eigenvalue weighted by atomic mass is 9.97. The van der Waals surface area contributed by atoms with E-state index in [0.29, 0.717) is 5.82 Å². The van der Waals surface area contributed by atoms with Gasteiger partial charge in [0.2, 0.25) is 0 Å². The topological polar surface area (TPSA) is 30.7 Å². The van der Waals surface area contributed by atoms with Crippen LogP contribution in [0.25, 0.3) is 104 Å². The molecule has 0 saturated heterocycles. The van der Waals surface area contributed by atoms with E-state index in [9.17, 15) is 0 Å². The van der Waals surface area contributed by atoms with Crippen molar-refractivity contribution < 1.29 is 0 Å². The van der Waals surface area contributed by atoms with Gasteiger partial charge in [0.1, 0.15) is 0 Å². The maximum Gasteiger partial charge on any atom is 0.160 e. The van der Waals surface area contributed by atoms with E-state index >= 15 is 0 Å². The lowest BCUT2D eigenvalue weighted by Gasteiger charge is -2.12. The number of thiophene rings is 1. The van der Waals surface area contributed by atoms with Crippen LogP contribution in [0.5, 0.6) is 0 Å². The second-order valence-electron chi connectivity index (χ2n) is 14.2. The fraction of sp³-hybridized carbons (Fsp3) is 0. The summed E-state index contributed by atoms with van der Waals surface area (Å²) in [6.07, 6.45) is 0. The maximum absolute atomic E-state index is 5.22. The molecule has 0 aliphatic rings. The number of hydrogen-bond acceptors (Lipinski definition) is 3. The zero-order valence-corrected chi connectivity index (χ0v) is 31.1. The van der Waals surface area contributed by atoms with Crippen molar-refractivity contribution in [1.82, 2.24) is 14.5 Å². The van der Waals surface area contributed by atoms with E-state index in [1.165, 1.54) is 58.7 Å². The third-order valence-electron chi connectivity index (χ3n) is 10.8. The first kappa shape index (κ1) is 32.3. The highest BCUT2D eigenvalue weighted by atomic mass is 32.1. The van der Waals surface area contributed by atoms with Crippen LogP contribution in [-0.4, -0.2) is 14.5 Å². The van der Waals surface area contributed by atoms with Crippen LogP contribution in [0, 0.1) is 0 Å². The van der Waals surface area contributed by atoms with Gasteiger partial charge in [-0.1, -0.05) is 152 Å². The molecule has 8 aromatic carbocycles. The summed E-state index contributed by atoms with van der Waals surface area (Å²) in [6.45, 7) is 0. The molecule has 0 aliphatic heterocycles. The van der Waals surface area contributed by atoms with Crippen molar-refractivity contribution in [2.75, 3.05) is 0 Å². The molecule has 3 aromatic heterocycles. The van der Waals surface area contributed by atoms with Gasteiger partial charge in [-0.2, -0.15) is 0 Å². The van der Waals surface area contributed by atoms with Gasteiger partial charge in [-0.05, 0) is 70.8 Å². The Labute approximate surface area is 328 Å². The van der Waals surface area contributed by atoms with E-state index in [1.54, 1.807) is 0 Å². The molecule has 56 heavy (non-hydrogen) atoms. The molecule has 0 N–H and O–H groups in total. The van der Waals surface area contributed by atoms with Crippen molar-refractivity contribution in [1.29, 1.82) is 0 Å². The Morgan fingerprint density at radius 3 is 1.73 bits per heavy atom. The lowest BCUT2D eigenvalue weighted by molar-refractivity contribution is 1.18. The van der Waals surface area contributed by atoms with Gasteiger partial charge in [-0.3, -0.25) is 0 Å². The molecule has 262 valence electrons. The molecule has 0 unspecified atom stereocenters. The van der Waals surface area contributed by atoms with Crippen LogP contribution in [0.3, 0.4) is 0 Å². The van der Waals surface area contributed by atoms with Gasteiger partial charge in [0.25, 0.3) is 0 Å². The Kier molecular flexibility index (Phi) is 7.68. The molecular weight excluding hydrogens is 699 g/mol. The van der Waals surface area contributed by atoms with Crippen LogP contribution in [0.4, 0.5) is 0 Å². The van der Waals surface area contributed by atoms with Gasteiger partial charge in [0.05, 0.1) is 22.4 Å². The molecule has 0 saturated carbocycles. The zero-order chi connectivity index (χ0) is 37.0. The predicted molar refractivity (Wildman–Crippen MR) is 236 cm³/mol. The maximum atomic E-state index is 5.22. The second-order valence-corrected chi connectivity index (χ2v) is 15.3. The summed E-state index contributed by atoms with van der Waals surface area (Å²) in [5.74, 6) is 0.696. The quantitative estimate of drug-likeness (QED) is 0.170. The Morgan fingerprint density at radius 2 is 0.929 bits per heavy atom. The van der Waals surface area contributed by atoms with Gasteiger partial charge >= 0.3 is 0 Å². The first-order valence-electron chi connectivity index (χ1n) is 18.9. The third kappa shape index (κ3) is 5.50. The molecule has 0 fully saturated rings. The summed E-state index contributed by atoms with van der Waals surface area (Å²) in [6, 6.07) is 71.4. The van der Waals surface area contributed by atoms with Crippen molar-refractivity contribution in [2.24, 2.45) is 0 Å². The zero-order valence-electron chi connectivity index (χ0n) is 30.3. The van der Waals surface area contributed by atoms with E-state index in [-0.39, 0.29) is 0 Å². The highest BCUT2D eigenvalue weighted by Crippen LogP contribution is 2.41. The minimum atomic E-state index is 0.696. The fourth-order valence-corrected chi connectivity index (χ4v) is 9.25. The average molecular weight is 732 g/mol. The van der Waals surface area contributed by atoms with Crippen LogP contribution >= 0.6 is 11.3 Å². The van der Waals surface area contributed by atoms with E-state index in [2.05, 4.69) is 193 Å². The summed E-state index contributed by atoms with van der Waals surface area (Å²) < 4.78 is 5.04. The van der Waals surface area contributed by atoms with Crippen LogP contribution < -0.4 is 0 Å². The SMILES string of the molecule is c1ccc(-c2ccc(-c3cc(-c4ccccc4)nc(-c4cccc(-c5cccc6c5c5ccccc5n6-c5ccc6sc7ccccc7c6c5)c4)n3)cc2)cc1. The monoisotopic (exact) mass is 731 g/mol. The summed E-state index contributed by atoms with van der Waals surface area (Å²) in [5, 5.41) is 5.05. The number of hydrogen-bond donors (Lipinski definition) is 0. The molecular formula is C52H33N3S. The lowest BCUT2D eigenvalue weighted by Crippen LogP contribution is -1.96. The predicted octanol–water partition coefficient (Wildman–Crippen LogP) is 14.3. The molecule has 3 heterocycles. The molecule has 3 nitrogen and oxygen atoms in total. The summed E-state index contributed by atoms with van der Waals surface area (Å²) in [4.78, 5) is 10.4. The van der Waals surface area contributed by atoms with Gasteiger partial charge in [0, 0.05) is 53.3 Å². The van der Waals surface area contributed by atoms with Crippen molar-refractivity contribution in [3.63, 3.8) is 0 Å². The van der Waals surface area contributed by atoms with Crippen molar-refractivity contribution in [3.8, 4) is 61.8 Å². The third-order valence-corrected chi connectivity index (χ3v) is 12.0. The summed E-state index contributed by atoms with van der Waals surface area (Å²) >= 11 is 1.85. The Bertz CT molecular complexity index is 3230. The first-order valence-corrected chi connectivity index (χ1v) is 19.7. The molecule has 0 aliphatic carbocycles. The molecule has 11 rings (SSSR count). The number of para-hydroxylation sites is 1. The molecule has 11 aromatic rings. The van der Waals surface area contributed by atoms with Crippen LogP contribution in [0.1, 0.15) is 0 Å². The average Bonchev–Trinajstić information content (AvgIpc) is 3.82. The summed E-state index contributed by atoms with van der Waals surface area (Å²) in [5.41, 5.74) is 13.1. The van der Waals surface area contributed by atoms with E-state index in [0.717, 1.165) is 39.3 Å². The van der Waals surface area contributed by atoms with Crippen molar-refractivity contribution >= 4 is 53.3 Å². The number of aromatic nitrogens is 3. The second kappa shape index (κ2) is 13.3. The van der Waals surface area contributed by atoms with Crippen molar-refractivity contribution in [2.45, 2.75) is 0 Å². The standard InChI is InChI=1S/C52H33N3S/c1-3-13-34(14-4-1)35-25-27-37(28-26-35)46-33-45(36-15-5-2-6-16-36)53-52(54-46)39-18-11-17-38(31-39)41-21-12-23-48-51(41)43-20-7-9-22-47(43)55(48)40-29-30-50-44(32-40)42-19-8-10-24-49(42)56-50/h1-33H. The van der Waals surface area contributed by atoms with Crippen LogP contribution in [0.2, 0.25) is 0 Å². The highest BCUT2D eigenvalue weighted by Gasteiger charge is 2.18. The van der Waals surface area contributed by atoms with E-state index in [4.69, 9.17) is 9.97 Å². The number of rotatable bonds is 6. The molecule has 4 heteroatoms. The molecule has 0 spiro atoms. The largest absolute Gasteiger partial charge is 0.309 e. The smallest absolute Gasteiger partial charge is 0.160 e. The molecule has 0 bridgehead atoms. The highest BCUT2D eigenvalue weighted by molar-refractivity contribution is 7.25. The molecule has 0 radical (unpaired) electrons. The number of nitrogens with zero attached hydrogens (tertiary/aromatic N) is 3. The van der Waals surface area contributed by atoms with E-state index in [1.807, 2.05) is 23.5 Å². The minimum absolute atomic E-state index is 0.696. The number of fused-ring (bicyclic) bond motifs is 6. The van der Waals surface area contributed by atoms with Gasteiger partial charge in [-0.15, -0.1) is 11.3 Å². The minimum Gasteiger partial charge on any atom is -0.309 e.